The maximum absolute atomic E-state index is 14.8. The molecule has 34 heavy (non-hydrogen) atoms. The van der Waals surface area contributed by atoms with Crippen molar-refractivity contribution in [3.8, 4) is 11.3 Å². The van der Waals surface area contributed by atoms with Crippen molar-refractivity contribution < 1.29 is 18.1 Å². The smallest absolute Gasteiger partial charge is 0.251 e. The minimum absolute atomic E-state index is 0.0951. The van der Waals surface area contributed by atoms with Gasteiger partial charge in [-0.1, -0.05) is 19.9 Å². The van der Waals surface area contributed by atoms with Gasteiger partial charge in [-0.2, -0.15) is 0 Å². The highest BCUT2D eigenvalue weighted by Gasteiger charge is 2.55. The molecule has 1 amide bonds. The van der Waals surface area contributed by atoms with Crippen LogP contribution in [0, 0.1) is 11.6 Å². The number of carbonyl (C=O) groups is 1. The average molecular weight is 483 g/mol. The lowest BCUT2D eigenvalue weighted by Gasteiger charge is -2.32. The lowest BCUT2D eigenvalue weighted by Crippen LogP contribution is -2.43. The van der Waals surface area contributed by atoms with Gasteiger partial charge in [0.25, 0.3) is 5.91 Å². The summed E-state index contributed by atoms with van der Waals surface area (Å²) in [5.41, 5.74) is 2.62. The normalized spacial score (nSPS) is 18.6. The Labute approximate surface area is 199 Å². The van der Waals surface area contributed by atoms with Crippen LogP contribution in [0.15, 0.2) is 42.6 Å². The molecule has 5 rings (SSSR count). The van der Waals surface area contributed by atoms with E-state index in [1.54, 1.807) is 36.6 Å². The number of anilines is 2. The molecule has 0 radical (unpaired) electrons. The zero-order valence-corrected chi connectivity index (χ0v) is 19.9. The van der Waals surface area contributed by atoms with E-state index in [9.17, 15) is 18.1 Å². The number of carbonyl (C=O) groups excluding carboxylic acids is 1. The quantitative estimate of drug-likeness (QED) is 0.521. The van der Waals surface area contributed by atoms with Crippen molar-refractivity contribution in [1.82, 2.24) is 15.3 Å². The molecule has 176 valence electrons. The topological polar surface area (TPSA) is 90.0 Å². The highest BCUT2D eigenvalue weighted by atomic mass is 32.2. The summed E-state index contributed by atoms with van der Waals surface area (Å²) in [6, 6.07) is 9.63. The molecule has 1 unspecified atom stereocenters. The fourth-order valence-electron chi connectivity index (χ4n) is 4.48. The number of hydrogen-bond acceptors (Lipinski definition) is 5. The van der Waals surface area contributed by atoms with Crippen LogP contribution in [0.4, 0.5) is 20.4 Å². The number of hydrogen-bond donors (Lipinski definition) is 2. The molecule has 9 heteroatoms. The molecule has 1 aromatic heterocycles. The van der Waals surface area contributed by atoms with E-state index in [1.807, 2.05) is 13.8 Å². The molecule has 0 spiro atoms. The van der Waals surface area contributed by atoms with E-state index in [0.29, 0.717) is 41.8 Å². The lowest BCUT2D eigenvalue weighted by molar-refractivity contribution is 0.0930. The number of nitrogens with zero attached hydrogens (tertiary/aromatic N) is 2. The summed E-state index contributed by atoms with van der Waals surface area (Å²) in [6.07, 6.45) is 4.00. The first-order valence-corrected chi connectivity index (χ1v) is 12.5. The van der Waals surface area contributed by atoms with Gasteiger partial charge < -0.3 is 15.2 Å². The van der Waals surface area contributed by atoms with Gasteiger partial charge in [-0.3, -0.25) is 4.79 Å². The van der Waals surface area contributed by atoms with Gasteiger partial charge in [0, 0.05) is 47.2 Å². The number of rotatable bonds is 5. The molecular weight excluding hydrogens is 458 g/mol. The van der Waals surface area contributed by atoms with Crippen LogP contribution in [0.5, 0.6) is 0 Å². The van der Waals surface area contributed by atoms with Crippen LogP contribution in [-0.4, -0.2) is 33.2 Å². The Bertz CT molecular complexity index is 1310. The van der Waals surface area contributed by atoms with E-state index < -0.39 is 27.6 Å². The van der Waals surface area contributed by atoms with Crippen LogP contribution in [0.3, 0.4) is 0 Å². The highest BCUT2D eigenvalue weighted by molar-refractivity contribution is 7.91. The first-order chi connectivity index (χ1) is 16.1. The summed E-state index contributed by atoms with van der Waals surface area (Å²) in [5.74, 6) is -1.01. The van der Waals surface area contributed by atoms with Crippen molar-refractivity contribution >= 4 is 28.7 Å². The first-order valence-electron chi connectivity index (χ1n) is 11.0. The molecule has 0 saturated heterocycles. The molecule has 2 aliphatic rings. The standard InChI is InChI=1S/C25H24F2N4O2S/c1-24(2)13-29-22(32)16-6-4-14(10-17(16)24)21-20(27)12-28-23(31-21)30-15-5-7-19(26)18(11-15)25(8-9-25)34(3)33/h4-7,10-12H,8-9,13H2,1-3H3,(H,29,32)(H,28,30,31). The molecule has 1 saturated carbocycles. The van der Waals surface area contributed by atoms with Gasteiger partial charge in [0.1, 0.15) is 11.5 Å². The first kappa shape index (κ1) is 22.7. The maximum Gasteiger partial charge on any atom is 0.251 e. The van der Waals surface area contributed by atoms with Crippen molar-refractivity contribution in [3.63, 3.8) is 0 Å². The third-order valence-corrected chi connectivity index (χ3v) is 8.40. The third-order valence-electron chi connectivity index (χ3n) is 6.67. The van der Waals surface area contributed by atoms with Gasteiger partial charge >= 0.3 is 0 Å². The van der Waals surface area contributed by atoms with Gasteiger partial charge in [-0.15, -0.1) is 0 Å². The molecule has 1 fully saturated rings. The second kappa shape index (κ2) is 8.02. The Morgan fingerprint density at radius 3 is 2.56 bits per heavy atom. The van der Waals surface area contributed by atoms with E-state index in [-0.39, 0.29) is 23.0 Å². The molecule has 2 aromatic carbocycles. The van der Waals surface area contributed by atoms with E-state index >= 15 is 0 Å². The van der Waals surface area contributed by atoms with Gasteiger partial charge in [0.2, 0.25) is 5.95 Å². The van der Waals surface area contributed by atoms with Crippen LogP contribution in [0.2, 0.25) is 0 Å². The summed E-state index contributed by atoms with van der Waals surface area (Å²) in [6.45, 7) is 4.51. The molecule has 2 N–H and O–H groups in total. The largest absolute Gasteiger partial charge is 0.616 e. The molecule has 2 heterocycles. The fourth-order valence-corrected chi connectivity index (χ4v) is 5.62. The number of halogens is 2. The highest BCUT2D eigenvalue weighted by Crippen LogP contribution is 2.53. The maximum atomic E-state index is 14.8. The molecule has 1 aliphatic heterocycles. The van der Waals surface area contributed by atoms with Crippen molar-refractivity contribution in [1.29, 1.82) is 0 Å². The summed E-state index contributed by atoms with van der Waals surface area (Å²) < 4.78 is 40.8. The fraction of sp³-hybridized carbons (Fsp3) is 0.320. The van der Waals surface area contributed by atoms with Crippen LogP contribution in [0.1, 0.15) is 48.2 Å². The summed E-state index contributed by atoms with van der Waals surface area (Å²) in [7, 11) is 0. The lowest BCUT2D eigenvalue weighted by atomic mass is 9.78. The zero-order chi connectivity index (χ0) is 24.3. The van der Waals surface area contributed by atoms with Gasteiger partial charge in [0.15, 0.2) is 10.6 Å². The van der Waals surface area contributed by atoms with Crippen molar-refractivity contribution in [3.05, 3.63) is 70.9 Å². The Morgan fingerprint density at radius 1 is 1.09 bits per heavy atom. The zero-order valence-electron chi connectivity index (χ0n) is 19.0. The van der Waals surface area contributed by atoms with E-state index in [1.165, 1.54) is 6.07 Å². The predicted octanol–water partition coefficient (Wildman–Crippen LogP) is 4.55. The molecule has 6 nitrogen and oxygen atoms in total. The van der Waals surface area contributed by atoms with E-state index in [4.69, 9.17) is 0 Å². The number of amides is 1. The molecule has 1 aliphatic carbocycles. The van der Waals surface area contributed by atoms with E-state index in [2.05, 4.69) is 20.6 Å². The van der Waals surface area contributed by atoms with Gasteiger partial charge in [-0.05, 0) is 47.1 Å². The van der Waals surface area contributed by atoms with Gasteiger partial charge in [-0.25, -0.2) is 18.7 Å². The predicted molar refractivity (Wildman–Crippen MR) is 127 cm³/mol. The molecule has 0 bridgehead atoms. The second-order valence-corrected chi connectivity index (χ2v) is 11.2. The minimum atomic E-state index is -1.20. The number of benzene rings is 2. The average Bonchev–Trinajstić information content (AvgIpc) is 3.61. The summed E-state index contributed by atoms with van der Waals surface area (Å²) >= 11 is -1.20. The Balaban J connectivity index is 1.49. The molecular formula is C25H24F2N4O2S. The number of aromatic nitrogens is 2. The molecule has 1 atom stereocenters. The Morgan fingerprint density at radius 2 is 1.85 bits per heavy atom. The summed E-state index contributed by atoms with van der Waals surface area (Å²) in [4.78, 5) is 20.7. The van der Waals surface area contributed by atoms with Crippen molar-refractivity contribution in [2.45, 2.75) is 36.9 Å². The minimum Gasteiger partial charge on any atom is -0.616 e. The van der Waals surface area contributed by atoms with Crippen LogP contribution >= 0.6 is 0 Å². The van der Waals surface area contributed by atoms with Crippen molar-refractivity contribution in [2.75, 3.05) is 18.1 Å². The number of nitrogens with one attached hydrogen (secondary N) is 2. The monoisotopic (exact) mass is 482 g/mol. The summed E-state index contributed by atoms with van der Waals surface area (Å²) in [5, 5.41) is 5.89. The Kier molecular flexibility index (Phi) is 5.37. The van der Waals surface area contributed by atoms with E-state index in [0.717, 1.165) is 11.8 Å². The van der Waals surface area contributed by atoms with Crippen molar-refractivity contribution in [2.24, 2.45) is 0 Å². The van der Waals surface area contributed by atoms with Gasteiger partial charge in [0.05, 0.1) is 12.5 Å². The SMILES string of the molecule is C[S+]([O-])C1(c2cc(Nc3ncc(F)c(-c4ccc5c(c4)C(C)(C)CNC5=O)n3)ccc2F)CC1. The second-order valence-electron chi connectivity index (χ2n) is 9.49. The third kappa shape index (κ3) is 3.82. The Hall–Kier alpha value is -3.04. The molecule has 3 aromatic rings. The van der Waals surface area contributed by atoms with Crippen LogP contribution < -0.4 is 10.6 Å². The van der Waals surface area contributed by atoms with Crippen LogP contribution in [0.25, 0.3) is 11.3 Å². The van der Waals surface area contributed by atoms with Crippen LogP contribution in [-0.2, 0) is 21.3 Å². The number of fused-ring (bicyclic) bond motifs is 1.